The Morgan fingerprint density at radius 3 is 2.36 bits per heavy atom. The number of allylic oxidation sites excluding steroid dienone is 1. The zero-order valence-electron chi connectivity index (χ0n) is 27.8. The molecule has 0 heterocycles. The van der Waals surface area contributed by atoms with E-state index in [-0.39, 0.29) is 17.5 Å². The molecule has 6 rings (SSSR count). The lowest BCUT2D eigenvalue weighted by Gasteiger charge is -2.63. The topological polar surface area (TPSA) is 26.3 Å². The van der Waals surface area contributed by atoms with Gasteiger partial charge in [0.25, 0.3) is 0 Å². The maximum absolute atomic E-state index is 13.3. The van der Waals surface area contributed by atoms with Gasteiger partial charge in [-0.1, -0.05) is 91.0 Å². The van der Waals surface area contributed by atoms with Gasteiger partial charge in [0.1, 0.15) is 6.10 Å². The van der Waals surface area contributed by atoms with Crippen LogP contribution in [0.15, 0.2) is 48.6 Å². The first kappa shape index (κ1) is 30.2. The van der Waals surface area contributed by atoms with Crippen molar-refractivity contribution in [3.05, 3.63) is 54.1 Å². The van der Waals surface area contributed by atoms with E-state index in [2.05, 4.69) is 55.0 Å². The van der Waals surface area contributed by atoms with Gasteiger partial charge in [0.05, 0.1) is 0 Å². The lowest BCUT2D eigenvalue weighted by atomic mass is 9.41. The minimum absolute atomic E-state index is 0.0670. The molecule has 0 N–H and O–H groups in total. The van der Waals surface area contributed by atoms with E-state index in [1.165, 1.54) is 63.4 Å². The average molecular weight is 571 g/mol. The zero-order chi connectivity index (χ0) is 30.1. The molecule has 9 atom stereocenters. The first-order valence-electron chi connectivity index (χ1n) is 17.4. The van der Waals surface area contributed by atoms with Crippen LogP contribution in [0.3, 0.4) is 0 Å². The van der Waals surface area contributed by atoms with E-state index >= 15 is 0 Å². The molecule has 0 radical (unpaired) electrons. The normalized spacial score (nSPS) is 42.3. The maximum Gasteiger partial charge on any atom is 0.331 e. The summed E-state index contributed by atoms with van der Waals surface area (Å²) < 4.78 is 6.53. The quantitative estimate of drug-likeness (QED) is 0.176. The highest BCUT2D eigenvalue weighted by molar-refractivity contribution is 5.87. The fraction of sp³-hybridized carbons (Fsp3) is 0.725. The first-order valence-corrected chi connectivity index (χ1v) is 17.4. The van der Waals surface area contributed by atoms with E-state index in [1.54, 1.807) is 6.08 Å². The second-order valence-corrected chi connectivity index (χ2v) is 17.1. The van der Waals surface area contributed by atoms with Crippen LogP contribution in [0.1, 0.15) is 125 Å². The highest BCUT2D eigenvalue weighted by atomic mass is 16.5. The number of fused-ring (bicyclic) bond motifs is 2. The van der Waals surface area contributed by atoms with Gasteiger partial charge in [-0.3, -0.25) is 0 Å². The molecule has 5 fully saturated rings. The minimum atomic E-state index is -0.148. The zero-order valence-corrected chi connectivity index (χ0v) is 27.8. The summed E-state index contributed by atoms with van der Waals surface area (Å²) in [4.78, 5) is 13.3. The van der Waals surface area contributed by atoms with E-state index < -0.39 is 0 Å². The van der Waals surface area contributed by atoms with E-state index in [1.807, 2.05) is 36.4 Å². The van der Waals surface area contributed by atoms with Crippen molar-refractivity contribution >= 4 is 12.0 Å². The lowest BCUT2D eigenvalue weighted by molar-refractivity contribution is -0.185. The number of hydrogen-bond donors (Lipinski definition) is 0. The number of ether oxygens (including phenoxy) is 1. The summed E-state index contributed by atoms with van der Waals surface area (Å²) >= 11 is 0. The third-order valence-electron chi connectivity index (χ3n) is 14.9. The van der Waals surface area contributed by atoms with Gasteiger partial charge >= 0.3 is 5.97 Å². The van der Waals surface area contributed by atoms with Crippen molar-refractivity contribution in [1.29, 1.82) is 0 Å². The molecule has 2 nitrogen and oxygen atoms in total. The van der Waals surface area contributed by atoms with Crippen molar-refractivity contribution in [3.8, 4) is 0 Å². The summed E-state index contributed by atoms with van der Waals surface area (Å²) in [5.41, 5.74) is 4.13. The van der Waals surface area contributed by atoms with E-state index in [4.69, 9.17) is 4.74 Å². The van der Waals surface area contributed by atoms with Crippen molar-refractivity contribution < 1.29 is 9.53 Å². The van der Waals surface area contributed by atoms with Crippen LogP contribution in [0.25, 0.3) is 6.08 Å². The van der Waals surface area contributed by atoms with Crippen LogP contribution in [0.4, 0.5) is 0 Å². The first-order chi connectivity index (χ1) is 19.8. The number of rotatable bonds is 8. The Labute approximate surface area is 257 Å². The molecule has 5 aliphatic rings. The molecule has 0 aromatic heterocycles. The molecule has 2 heteroatoms. The van der Waals surface area contributed by atoms with Crippen LogP contribution < -0.4 is 0 Å². The number of carbonyl (C=O) groups excluding carboxylic acids is 1. The summed E-state index contributed by atoms with van der Waals surface area (Å²) in [7, 11) is 0. The van der Waals surface area contributed by atoms with Gasteiger partial charge in [-0.2, -0.15) is 0 Å². The molecular weight excluding hydrogens is 512 g/mol. The van der Waals surface area contributed by atoms with Gasteiger partial charge in [-0.15, -0.1) is 0 Å². The largest absolute Gasteiger partial charge is 0.459 e. The minimum Gasteiger partial charge on any atom is -0.459 e. The van der Waals surface area contributed by atoms with Crippen molar-refractivity contribution in [1.82, 2.24) is 0 Å². The molecular formula is C40H58O2. The van der Waals surface area contributed by atoms with Gasteiger partial charge in [0, 0.05) is 11.5 Å². The Morgan fingerprint density at radius 2 is 1.64 bits per heavy atom. The smallest absolute Gasteiger partial charge is 0.331 e. The summed E-state index contributed by atoms with van der Waals surface area (Å²) in [6.45, 7) is 22.0. The van der Waals surface area contributed by atoms with Crippen LogP contribution in [0.2, 0.25) is 0 Å². The van der Waals surface area contributed by atoms with E-state index in [0.717, 1.165) is 36.2 Å². The monoisotopic (exact) mass is 570 g/mol. The molecule has 5 saturated carbocycles. The van der Waals surface area contributed by atoms with Gasteiger partial charge in [0.15, 0.2) is 0 Å². The standard InChI is InChI=1S/C40H58O2/c1-27(2)28(3)14-15-29(4)31-20-23-38(8)33-18-17-32-36(5,6)22-21-34(40(32)26-39(33,40)25-24-37(31,38)7)42-35(41)19-16-30-12-10-9-11-13-30/h9-13,16,19,27,29,31-34H,3,14-15,17-18,20-26H2,1-2,4-8H3/b19-16+/t29-,31-,32+,33+,34?,37-,38+,39+,40-/m1/s1. The van der Waals surface area contributed by atoms with Gasteiger partial charge in [-0.25, -0.2) is 4.79 Å². The molecule has 1 aromatic rings. The molecule has 0 aliphatic heterocycles. The van der Waals surface area contributed by atoms with Crippen LogP contribution in [-0.4, -0.2) is 12.1 Å². The second kappa shape index (κ2) is 10.4. The van der Waals surface area contributed by atoms with Crippen molar-refractivity contribution in [2.75, 3.05) is 0 Å². The number of esters is 1. The SMILES string of the molecule is C=C(CC[C@@H](C)[C@H]1CC[C@@]2(C)[C@@H]3CC[C@H]4C(C)(C)CCC(OC(=O)/C=C/c5ccccc5)[C@@]45C[C@@]35CC[C@]12C)C(C)C. The molecule has 0 saturated heterocycles. The van der Waals surface area contributed by atoms with E-state index in [9.17, 15) is 4.79 Å². The molecule has 1 unspecified atom stereocenters. The Morgan fingerprint density at radius 1 is 0.929 bits per heavy atom. The van der Waals surface area contributed by atoms with Crippen LogP contribution >= 0.6 is 0 Å². The molecule has 230 valence electrons. The van der Waals surface area contributed by atoms with Crippen molar-refractivity contribution in [2.45, 2.75) is 125 Å². The fourth-order valence-corrected chi connectivity index (χ4v) is 12.3. The Kier molecular flexibility index (Phi) is 7.46. The summed E-state index contributed by atoms with van der Waals surface area (Å²) in [5, 5.41) is 0. The fourth-order valence-electron chi connectivity index (χ4n) is 12.3. The molecule has 2 spiro atoms. The van der Waals surface area contributed by atoms with Crippen LogP contribution in [0, 0.1) is 56.7 Å². The van der Waals surface area contributed by atoms with Crippen molar-refractivity contribution in [3.63, 3.8) is 0 Å². The van der Waals surface area contributed by atoms with Crippen LogP contribution in [0.5, 0.6) is 0 Å². The predicted octanol–water partition coefficient (Wildman–Crippen LogP) is 10.7. The van der Waals surface area contributed by atoms with Gasteiger partial charge in [-0.05, 0) is 134 Å². The summed E-state index contributed by atoms with van der Waals surface area (Å²) in [6.07, 6.45) is 17.8. The predicted molar refractivity (Wildman–Crippen MR) is 175 cm³/mol. The van der Waals surface area contributed by atoms with Crippen molar-refractivity contribution in [2.24, 2.45) is 56.7 Å². The van der Waals surface area contributed by atoms with Crippen LogP contribution in [-0.2, 0) is 9.53 Å². The highest BCUT2D eigenvalue weighted by Gasteiger charge is 2.84. The summed E-state index contributed by atoms with van der Waals surface area (Å²) in [6, 6.07) is 10.1. The third-order valence-corrected chi connectivity index (χ3v) is 14.9. The van der Waals surface area contributed by atoms with Gasteiger partial charge < -0.3 is 4.74 Å². The average Bonchev–Trinajstić information content (AvgIpc) is 3.56. The Bertz CT molecular complexity index is 1230. The molecule has 0 bridgehead atoms. The summed E-state index contributed by atoms with van der Waals surface area (Å²) in [5.74, 6) is 3.43. The molecule has 42 heavy (non-hydrogen) atoms. The molecule has 1 aromatic carbocycles. The second-order valence-electron chi connectivity index (χ2n) is 17.1. The highest BCUT2D eigenvalue weighted by Crippen LogP contribution is 2.89. The third kappa shape index (κ3) is 4.34. The maximum atomic E-state index is 13.3. The number of hydrogen-bond acceptors (Lipinski definition) is 2. The van der Waals surface area contributed by atoms with E-state index in [0.29, 0.717) is 33.5 Å². The Balaban J connectivity index is 1.25. The number of benzene rings is 1. The molecule has 0 amide bonds. The number of carbonyl (C=O) groups is 1. The van der Waals surface area contributed by atoms with Gasteiger partial charge in [0.2, 0.25) is 0 Å². The molecule has 5 aliphatic carbocycles. The Hall–Kier alpha value is -1.83. The lowest BCUT2D eigenvalue weighted by Crippen LogP contribution is -2.59.